The minimum Gasteiger partial charge on any atom is -0.507 e. The first-order chi connectivity index (χ1) is 11.6. The summed E-state index contributed by atoms with van der Waals surface area (Å²) in [5.74, 6) is 0.470. The highest BCUT2D eigenvalue weighted by Crippen LogP contribution is 2.25. The van der Waals surface area contributed by atoms with Crippen molar-refractivity contribution in [2.45, 2.75) is 6.54 Å². The molecule has 0 spiro atoms. The number of amides is 1. The topological polar surface area (TPSA) is 65.5 Å². The number of hydrogen-bond acceptors (Lipinski definition) is 4. The molecule has 0 radical (unpaired) electrons. The number of carbonyl (C=O) groups is 1. The maximum Gasteiger partial charge on any atom is 0.255 e. The number of rotatable bonds is 4. The van der Waals surface area contributed by atoms with Crippen molar-refractivity contribution in [1.29, 1.82) is 0 Å². The minimum absolute atomic E-state index is 0.0229. The Kier molecular flexibility index (Phi) is 4.33. The molecule has 1 aromatic heterocycles. The summed E-state index contributed by atoms with van der Waals surface area (Å²) in [6.07, 6.45) is 1.72. The van der Waals surface area contributed by atoms with Crippen molar-refractivity contribution in [3.8, 4) is 5.75 Å². The zero-order valence-corrected chi connectivity index (χ0v) is 13.7. The molecule has 0 unspecified atom stereocenters. The molecule has 1 amide bonds. The summed E-state index contributed by atoms with van der Waals surface area (Å²) in [6.45, 7) is 0.340. The fraction of sp³-hybridized carbons (Fsp3) is 0.158. The first kappa shape index (κ1) is 15.8. The van der Waals surface area contributed by atoms with Gasteiger partial charge in [-0.25, -0.2) is 4.98 Å². The number of hydrogen-bond donors (Lipinski definition) is 2. The van der Waals surface area contributed by atoms with Gasteiger partial charge in [0.25, 0.3) is 5.91 Å². The molecule has 2 aromatic carbocycles. The van der Waals surface area contributed by atoms with E-state index >= 15 is 0 Å². The zero-order valence-electron chi connectivity index (χ0n) is 13.7. The van der Waals surface area contributed by atoms with Crippen molar-refractivity contribution in [2.75, 3.05) is 19.0 Å². The Hall–Kier alpha value is -3.08. The standard InChI is InChI=1S/C19H19N3O2/c1-22(2)18-15(8-5-9-20-18)12-21-19(24)16-10-13-6-3-4-7-14(13)11-17(16)23/h3-11,23H,12H2,1-2H3,(H,21,24). The van der Waals surface area contributed by atoms with Crippen molar-refractivity contribution in [3.63, 3.8) is 0 Å². The van der Waals surface area contributed by atoms with Crippen LogP contribution in [0, 0.1) is 0 Å². The summed E-state index contributed by atoms with van der Waals surface area (Å²) in [7, 11) is 3.81. The Morgan fingerprint density at radius 3 is 2.54 bits per heavy atom. The van der Waals surface area contributed by atoms with E-state index in [2.05, 4.69) is 10.3 Å². The molecule has 1 heterocycles. The molecule has 0 aliphatic carbocycles. The zero-order chi connectivity index (χ0) is 17.1. The predicted molar refractivity (Wildman–Crippen MR) is 95.3 cm³/mol. The summed E-state index contributed by atoms with van der Waals surface area (Å²) in [4.78, 5) is 18.7. The molecule has 0 aliphatic rings. The SMILES string of the molecule is CN(C)c1ncccc1CNC(=O)c1cc2ccccc2cc1O. The van der Waals surface area contributed by atoms with E-state index < -0.39 is 0 Å². The van der Waals surface area contributed by atoms with Gasteiger partial charge in [0, 0.05) is 32.4 Å². The van der Waals surface area contributed by atoms with Crippen LogP contribution >= 0.6 is 0 Å². The molecule has 0 fully saturated rings. The number of pyridine rings is 1. The highest BCUT2D eigenvalue weighted by molar-refractivity contribution is 6.01. The normalized spacial score (nSPS) is 10.6. The number of benzene rings is 2. The van der Waals surface area contributed by atoms with Gasteiger partial charge in [0.1, 0.15) is 11.6 Å². The molecular formula is C19H19N3O2. The molecule has 24 heavy (non-hydrogen) atoms. The average molecular weight is 321 g/mol. The van der Waals surface area contributed by atoms with Crippen LogP contribution in [0.2, 0.25) is 0 Å². The second-order valence-electron chi connectivity index (χ2n) is 5.78. The number of fused-ring (bicyclic) bond motifs is 1. The Balaban J connectivity index is 1.82. The molecule has 0 atom stereocenters. The van der Waals surface area contributed by atoms with E-state index in [1.165, 1.54) is 0 Å². The minimum atomic E-state index is -0.313. The van der Waals surface area contributed by atoms with E-state index in [0.717, 1.165) is 22.2 Å². The fourth-order valence-corrected chi connectivity index (χ4v) is 2.65. The third-order valence-electron chi connectivity index (χ3n) is 3.84. The number of phenolic OH excluding ortho intramolecular Hbond substituents is 1. The van der Waals surface area contributed by atoms with Crippen LogP contribution in [0.15, 0.2) is 54.7 Å². The third-order valence-corrected chi connectivity index (χ3v) is 3.84. The van der Waals surface area contributed by atoms with Crippen LogP contribution in [-0.4, -0.2) is 30.1 Å². The van der Waals surface area contributed by atoms with Crippen LogP contribution in [-0.2, 0) is 6.54 Å². The number of aromatic nitrogens is 1. The van der Waals surface area contributed by atoms with Gasteiger partial charge in [0.2, 0.25) is 0 Å². The third kappa shape index (κ3) is 3.15. The van der Waals surface area contributed by atoms with Crippen LogP contribution in [0.3, 0.4) is 0 Å². The summed E-state index contributed by atoms with van der Waals surface area (Å²) in [5.41, 5.74) is 1.18. The van der Waals surface area contributed by atoms with Crippen LogP contribution in [0.1, 0.15) is 15.9 Å². The smallest absolute Gasteiger partial charge is 0.255 e. The maximum absolute atomic E-state index is 12.5. The van der Waals surface area contributed by atoms with Gasteiger partial charge in [-0.3, -0.25) is 4.79 Å². The van der Waals surface area contributed by atoms with E-state index in [1.54, 1.807) is 18.3 Å². The monoisotopic (exact) mass is 321 g/mol. The largest absolute Gasteiger partial charge is 0.507 e. The summed E-state index contributed by atoms with van der Waals surface area (Å²) < 4.78 is 0. The van der Waals surface area contributed by atoms with Gasteiger partial charge in [0.05, 0.1) is 5.56 Å². The van der Waals surface area contributed by atoms with E-state index in [1.807, 2.05) is 55.4 Å². The number of anilines is 1. The van der Waals surface area contributed by atoms with Crippen LogP contribution in [0.5, 0.6) is 5.75 Å². The second-order valence-corrected chi connectivity index (χ2v) is 5.78. The van der Waals surface area contributed by atoms with Gasteiger partial charge < -0.3 is 15.3 Å². The van der Waals surface area contributed by atoms with Crippen molar-refractivity contribution in [3.05, 3.63) is 65.9 Å². The number of nitrogens with one attached hydrogen (secondary N) is 1. The molecule has 5 heteroatoms. The second kappa shape index (κ2) is 6.58. The van der Waals surface area contributed by atoms with Gasteiger partial charge in [-0.15, -0.1) is 0 Å². The predicted octanol–water partition coefficient (Wildman–Crippen LogP) is 2.94. The molecule has 0 aliphatic heterocycles. The molecule has 3 rings (SSSR count). The van der Waals surface area contributed by atoms with E-state index in [9.17, 15) is 9.90 Å². The molecule has 0 bridgehead atoms. The van der Waals surface area contributed by atoms with Gasteiger partial charge >= 0.3 is 0 Å². The van der Waals surface area contributed by atoms with E-state index in [4.69, 9.17) is 0 Å². The summed E-state index contributed by atoms with van der Waals surface area (Å²) >= 11 is 0. The quantitative estimate of drug-likeness (QED) is 0.775. The molecule has 5 nitrogen and oxygen atoms in total. The molecule has 3 aromatic rings. The maximum atomic E-state index is 12.5. The lowest BCUT2D eigenvalue weighted by molar-refractivity contribution is 0.0948. The summed E-state index contributed by atoms with van der Waals surface area (Å²) in [5, 5.41) is 14.8. The first-order valence-corrected chi connectivity index (χ1v) is 7.67. The Morgan fingerprint density at radius 1 is 1.12 bits per heavy atom. The van der Waals surface area contributed by atoms with Gasteiger partial charge in [0.15, 0.2) is 0 Å². The Bertz CT molecular complexity index is 891. The van der Waals surface area contributed by atoms with Gasteiger partial charge in [-0.1, -0.05) is 30.3 Å². The lowest BCUT2D eigenvalue weighted by atomic mass is 10.1. The Labute approximate surface area is 140 Å². The van der Waals surface area contributed by atoms with Crippen LogP contribution in [0.4, 0.5) is 5.82 Å². The lowest BCUT2D eigenvalue weighted by Gasteiger charge is -2.16. The number of aromatic hydroxyl groups is 1. The number of nitrogens with zero attached hydrogens (tertiary/aromatic N) is 2. The van der Waals surface area contributed by atoms with Crippen LogP contribution < -0.4 is 10.2 Å². The molecule has 0 saturated carbocycles. The van der Waals surface area contributed by atoms with E-state index in [0.29, 0.717) is 6.54 Å². The van der Waals surface area contributed by atoms with Crippen molar-refractivity contribution in [2.24, 2.45) is 0 Å². The van der Waals surface area contributed by atoms with Crippen molar-refractivity contribution < 1.29 is 9.90 Å². The fourth-order valence-electron chi connectivity index (χ4n) is 2.65. The van der Waals surface area contributed by atoms with Crippen molar-refractivity contribution >= 4 is 22.5 Å². The highest BCUT2D eigenvalue weighted by Gasteiger charge is 2.13. The van der Waals surface area contributed by atoms with Gasteiger partial charge in [-0.2, -0.15) is 0 Å². The molecule has 122 valence electrons. The molecule has 2 N–H and O–H groups in total. The lowest BCUT2D eigenvalue weighted by Crippen LogP contribution is -2.24. The summed E-state index contributed by atoms with van der Waals surface area (Å²) in [6, 6.07) is 14.7. The Morgan fingerprint density at radius 2 is 1.83 bits per heavy atom. The molecular weight excluding hydrogens is 302 g/mol. The number of carbonyl (C=O) groups excluding carboxylic acids is 1. The number of phenols is 1. The van der Waals surface area contributed by atoms with Crippen molar-refractivity contribution in [1.82, 2.24) is 10.3 Å². The van der Waals surface area contributed by atoms with Gasteiger partial charge in [-0.05, 0) is 29.0 Å². The van der Waals surface area contributed by atoms with E-state index in [-0.39, 0.29) is 17.2 Å². The first-order valence-electron chi connectivity index (χ1n) is 7.67. The highest BCUT2D eigenvalue weighted by atomic mass is 16.3. The van der Waals surface area contributed by atoms with Crippen LogP contribution in [0.25, 0.3) is 10.8 Å². The molecule has 0 saturated heterocycles. The average Bonchev–Trinajstić information content (AvgIpc) is 2.59.